The highest BCUT2D eigenvalue weighted by molar-refractivity contribution is 5.85. The smallest absolute Gasteiger partial charge is 0.468 e. The molecule has 1 unspecified atom stereocenters. The van der Waals surface area contributed by atoms with E-state index in [1.807, 2.05) is 18.2 Å². The molecule has 2 atom stereocenters. The monoisotopic (exact) mass is 343 g/mol. The quantitative estimate of drug-likeness (QED) is 0.259. The maximum atomic E-state index is 12.0. The summed E-state index contributed by atoms with van der Waals surface area (Å²) < 4.78 is 15.9. The number of rotatable bonds is 6. The highest BCUT2D eigenvalue weighted by atomic mass is 16.7. The number of allylic oxidation sites excluding steroid dienone is 2. The number of fused-ring (bicyclic) bond motifs is 1. The molecule has 1 aromatic carbocycles. The van der Waals surface area contributed by atoms with Gasteiger partial charge in [-0.3, -0.25) is 14.5 Å². The molecule has 2 heterocycles. The topological polar surface area (TPSA) is 82.1 Å². The summed E-state index contributed by atoms with van der Waals surface area (Å²) in [5, 5.41) is 0. The van der Waals surface area contributed by atoms with Crippen molar-refractivity contribution in [1.29, 1.82) is 0 Å². The van der Waals surface area contributed by atoms with Gasteiger partial charge in [0.15, 0.2) is 12.0 Å². The molecule has 2 aliphatic rings. The molecule has 0 bridgehead atoms. The Kier molecular flexibility index (Phi) is 4.83. The molecule has 7 heteroatoms. The Hall–Kier alpha value is -3.09. The fraction of sp³-hybridized carbons (Fsp3) is 0.278. The first kappa shape index (κ1) is 16.8. The average molecular weight is 343 g/mol. The third-order valence-electron chi connectivity index (χ3n) is 3.92. The zero-order valence-corrected chi connectivity index (χ0v) is 13.4. The van der Waals surface area contributed by atoms with E-state index in [1.165, 1.54) is 11.0 Å². The Bertz CT molecular complexity index is 726. The number of aldehydes is 1. The van der Waals surface area contributed by atoms with E-state index in [9.17, 15) is 14.4 Å². The van der Waals surface area contributed by atoms with Gasteiger partial charge in [-0.15, -0.1) is 6.58 Å². The molecule has 0 spiro atoms. The Balaban J connectivity index is 1.71. The number of carbonyl (C=O) groups is 3. The minimum atomic E-state index is -1.09. The molecule has 0 radical (unpaired) electrons. The van der Waals surface area contributed by atoms with Crippen molar-refractivity contribution in [2.75, 3.05) is 0 Å². The Morgan fingerprint density at radius 3 is 2.76 bits per heavy atom. The van der Waals surface area contributed by atoms with Crippen LogP contribution in [0.25, 0.3) is 0 Å². The van der Waals surface area contributed by atoms with Gasteiger partial charge in [0.25, 0.3) is 0 Å². The summed E-state index contributed by atoms with van der Waals surface area (Å²) >= 11 is 0. The molecule has 1 aromatic rings. The number of β-lactam (4-membered cyclic amide) rings is 1. The van der Waals surface area contributed by atoms with Gasteiger partial charge in [0, 0.05) is 5.57 Å². The van der Waals surface area contributed by atoms with Gasteiger partial charge in [-0.05, 0) is 12.0 Å². The molecule has 0 aliphatic carbocycles. The summed E-state index contributed by atoms with van der Waals surface area (Å²) in [5.74, 6) is -0.0628. The number of amides is 1. The lowest BCUT2D eigenvalue weighted by Crippen LogP contribution is -2.53. The maximum Gasteiger partial charge on any atom is 0.510 e. The van der Waals surface area contributed by atoms with E-state index in [4.69, 9.17) is 14.2 Å². The molecular formula is C18H17NO6. The van der Waals surface area contributed by atoms with Crippen molar-refractivity contribution in [2.24, 2.45) is 0 Å². The number of ether oxygens (including phenoxy) is 3. The Labute approximate surface area is 144 Å². The van der Waals surface area contributed by atoms with Gasteiger partial charge in [-0.1, -0.05) is 36.4 Å². The number of hydrogen-bond donors (Lipinski definition) is 0. The summed E-state index contributed by atoms with van der Waals surface area (Å²) in [6.45, 7) is 3.61. The first-order chi connectivity index (χ1) is 12.1. The van der Waals surface area contributed by atoms with E-state index in [2.05, 4.69) is 6.58 Å². The predicted octanol–water partition coefficient (Wildman–Crippen LogP) is 2.28. The second kappa shape index (κ2) is 7.21. The fourth-order valence-electron chi connectivity index (χ4n) is 2.66. The van der Waals surface area contributed by atoms with E-state index in [0.717, 1.165) is 5.56 Å². The van der Waals surface area contributed by atoms with E-state index in [1.54, 1.807) is 12.1 Å². The van der Waals surface area contributed by atoms with Gasteiger partial charge >= 0.3 is 6.16 Å². The van der Waals surface area contributed by atoms with E-state index in [-0.39, 0.29) is 36.7 Å². The molecule has 25 heavy (non-hydrogen) atoms. The molecule has 0 N–H and O–H groups in total. The zero-order valence-electron chi connectivity index (χ0n) is 13.4. The molecule has 2 fully saturated rings. The van der Waals surface area contributed by atoms with Gasteiger partial charge in [0.05, 0.1) is 6.42 Å². The molecule has 3 rings (SSSR count). The van der Waals surface area contributed by atoms with Crippen molar-refractivity contribution in [2.45, 2.75) is 31.9 Å². The minimum absolute atomic E-state index is 0.0386. The van der Waals surface area contributed by atoms with Crippen LogP contribution in [0.2, 0.25) is 0 Å². The Morgan fingerprint density at radius 1 is 1.36 bits per heavy atom. The van der Waals surface area contributed by atoms with Crippen LogP contribution >= 0.6 is 0 Å². The molecule has 130 valence electrons. The van der Waals surface area contributed by atoms with Crippen LogP contribution in [-0.4, -0.2) is 35.7 Å². The van der Waals surface area contributed by atoms with Crippen LogP contribution in [0.3, 0.4) is 0 Å². The largest absolute Gasteiger partial charge is 0.510 e. The van der Waals surface area contributed by atoms with Crippen molar-refractivity contribution in [3.63, 3.8) is 0 Å². The lowest BCUT2D eigenvalue weighted by atomic mass is 10.1. The summed E-state index contributed by atoms with van der Waals surface area (Å²) in [6.07, 6.45) is 0.0132. The van der Waals surface area contributed by atoms with Gasteiger partial charge in [-0.2, -0.15) is 0 Å². The van der Waals surface area contributed by atoms with Crippen LogP contribution in [0, 0.1) is 0 Å². The van der Waals surface area contributed by atoms with Crippen molar-refractivity contribution in [1.82, 2.24) is 4.90 Å². The van der Waals surface area contributed by atoms with Crippen LogP contribution in [0.15, 0.2) is 54.3 Å². The SMILES string of the molecule is C=CCC(C=O)=C1O[C@@H]2CC(=O)N2C1OC(=O)OCc1ccccc1. The second-order valence-electron chi connectivity index (χ2n) is 5.57. The van der Waals surface area contributed by atoms with Crippen molar-refractivity contribution in [3.8, 4) is 0 Å². The normalized spacial score (nSPS) is 23.0. The maximum absolute atomic E-state index is 12.0. The van der Waals surface area contributed by atoms with Crippen molar-refractivity contribution >= 4 is 18.3 Å². The lowest BCUT2D eigenvalue weighted by Gasteiger charge is -2.33. The predicted molar refractivity (Wildman–Crippen MR) is 85.7 cm³/mol. The molecule has 1 amide bonds. The summed E-state index contributed by atoms with van der Waals surface area (Å²) in [7, 11) is 0. The van der Waals surface area contributed by atoms with E-state index >= 15 is 0 Å². The summed E-state index contributed by atoms with van der Waals surface area (Å²) in [5.41, 5.74) is 1.08. The highest BCUT2D eigenvalue weighted by Crippen LogP contribution is 2.38. The average Bonchev–Trinajstić information content (AvgIpc) is 2.90. The standard InChI is InChI=1S/C18H17NO6/c1-2-6-13(10-20)16-17(19-14(21)9-15(19)24-16)25-18(22)23-11-12-7-4-3-5-8-12/h2-5,7-8,10,15,17H,1,6,9,11H2/t15-,17?/m1/s1. The number of benzene rings is 1. The molecule has 0 saturated carbocycles. The van der Waals surface area contributed by atoms with Crippen LogP contribution < -0.4 is 0 Å². The third-order valence-corrected chi connectivity index (χ3v) is 3.92. The van der Waals surface area contributed by atoms with E-state index in [0.29, 0.717) is 6.29 Å². The van der Waals surface area contributed by atoms with Gasteiger partial charge in [-0.25, -0.2) is 4.79 Å². The van der Waals surface area contributed by atoms with Gasteiger partial charge < -0.3 is 14.2 Å². The number of nitrogens with zero attached hydrogens (tertiary/aromatic N) is 1. The lowest BCUT2D eigenvalue weighted by molar-refractivity contribution is -0.165. The van der Waals surface area contributed by atoms with Crippen LogP contribution in [0.5, 0.6) is 0 Å². The van der Waals surface area contributed by atoms with Crippen LogP contribution in [0.4, 0.5) is 4.79 Å². The molecule has 2 aliphatic heterocycles. The molecular weight excluding hydrogens is 326 g/mol. The number of hydrogen-bond acceptors (Lipinski definition) is 6. The first-order valence-electron chi connectivity index (χ1n) is 7.78. The zero-order chi connectivity index (χ0) is 17.8. The second-order valence-corrected chi connectivity index (χ2v) is 5.57. The third kappa shape index (κ3) is 3.40. The van der Waals surface area contributed by atoms with Gasteiger partial charge in [0.2, 0.25) is 12.1 Å². The molecule has 2 saturated heterocycles. The van der Waals surface area contributed by atoms with Crippen LogP contribution in [0.1, 0.15) is 18.4 Å². The molecule has 0 aromatic heterocycles. The Morgan fingerprint density at radius 2 is 2.12 bits per heavy atom. The summed E-state index contributed by atoms with van der Waals surface area (Å²) in [4.78, 5) is 36.3. The van der Waals surface area contributed by atoms with E-state index < -0.39 is 18.6 Å². The summed E-state index contributed by atoms with van der Waals surface area (Å²) in [6, 6.07) is 9.11. The number of carbonyl (C=O) groups excluding carboxylic acids is 3. The fourth-order valence-corrected chi connectivity index (χ4v) is 2.66. The van der Waals surface area contributed by atoms with Gasteiger partial charge in [0.1, 0.15) is 12.9 Å². The molecule has 7 nitrogen and oxygen atoms in total. The van der Waals surface area contributed by atoms with Crippen molar-refractivity contribution < 1.29 is 28.6 Å². The first-order valence-corrected chi connectivity index (χ1v) is 7.78. The minimum Gasteiger partial charge on any atom is -0.468 e. The van der Waals surface area contributed by atoms with Crippen LogP contribution in [-0.2, 0) is 30.4 Å². The highest BCUT2D eigenvalue weighted by Gasteiger charge is 2.53. The van der Waals surface area contributed by atoms with Crippen molar-refractivity contribution in [3.05, 3.63) is 59.9 Å².